The minimum Gasteiger partial charge on any atom is -0.370 e. The van der Waals surface area contributed by atoms with Crippen LogP contribution in [0.2, 0.25) is 0 Å². The zero-order chi connectivity index (χ0) is 12.6. The summed E-state index contributed by atoms with van der Waals surface area (Å²) >= 11 is 0. The van der Waals surface area contributed by atoms with Gasteiger partial charge in [0, 0.05) is 19.3 Å². The van der Waals surface area contributed by atoms with Gasteiger partial charge < -0.3 is 9.88 Å². The maximum absolute atomic E-state index is 8.64. The van der Waals surface area contributed by atoms with Crippen LogP contribution in [0.1, 0.15) is 18.4 Å². The van der Waals surface area contributed by atoms with Crippen LogP contribution in [0.3, 0.4) is 0 Å². The highest BCUT2D eigenvalue weighted by atomic mass is 15.2. The Morgan fingerprint density at radius 2 is 2.06 bits per heavy atom. The molecule has 0 spiro atoms. The lowest BCUT2D eigenvalue weighted by Crippen LogP contribution is -2.05. The van der Waals surface area contributed by atoms with E-state index in [4.69, 9.17) is 5.26 Å². The van der Waals surface area contributed by atoms with Crippen LogP contribution >= 0.6 is 0 Å². The smallest absolute Gasteiger partial charge is 0.125 e. The molecule has 92 valence electrons. The second kappa shape index (κ2) is 6.35. The van der Waals surface area contributed by atoms with E-state index in [1.807, 2.05) is 16.7 Å². The van der Waals surface area contributed by atoms with Crippen molar-refractivity contribution >= 4 is 5.82 Å². The normalized spacial score (nSPS) is 9.94. The maximum atomic E-state index is 8.64. The van der Waals surface area contributed by atoms with Gasteiger partial charge in [0.15, 0.2) is 0 Å². The fourth-order valence-corrected chi connectivity index (χ4v) is 1.54. The number of aromatic nitrogens is 4. The quantitative estimate of drug-likeness (QED) is 0.775. The summed E-state index contributed by atoms with van der Waals surface area (Å²) in [5.74, 6) is 0.804. The van der Waals surface area contributed by atoms with Crippen LogP contribution in [0.25, 0.3) is 0 Å². The van der Waals surface area contributed by atoms with Crippen molar-refractivity contribution < 1.29 is 0 Å². The van der Waals surface area contributed by atoms with E-state index in [-0.39, 0.29) is 0 Å². The van der Waals surface area contributed by atoms with Gasteiger partial charge in [-0.3, -0.25) is 0 Å². The zero-order valence-corrected chi connectivity index (χ0v) is 9.95. The van der Waals surface area contributed by atoms with Crippen LogP contribution in [0.15, 0.2) is 31.0 Å². The van der Waals surface area contributed by atoms with E-state index >= 15 is 0 Å². The molecule has 2 rings (SSSR count). The summed E-state index contributed by atoms with van der Waals surface area (Å²) in [6, 6.07) is 5.62. The fraction of sp³-hybridized carbons (Fsp3) is 0.333. The molecule has 0 saturated heterocycles. The Hall–Kier alpha value is -2.42. The molecule has 0 aliphatic rings. The molecule has 6 heteroatoms. The van der Waals surface area contributed by atoms with Gasteiger partial charge >= 0.3 is 0 Å². The Morgan fingerprint density at radius 3 is 2.72 bits per heavy atom. The van der Waals surface area contributed by atoms with Crippen molar-refractivity contribution in [2.24, 2.45) is 0 Å². The molecular weight excluding hydrogens is 228 g/mol. The molecular formula is C12H14N6. The third-order valence-electron chi connectivity index (χ3n) is 2.51. The topological polar surface area (TPSA) is 79.4 Å². The molecule has 0 aromatic carbocycles. The molecule has 0 amide bonds. The Bertz CT molecular complexity index is 496. The van der Waals surface area contributed by atoms with Gasteiger partial charge in [-0.15, -0.1) is 10.2 Å². The molecule has 0 atom stereocenters. The van der Waals surface area contributed by atoms with E-state index in [1.165, 1.54) is 0 Å². The minimum absolute atomic E-state index is 0.577. The van der Waals surface area contributed by atoms with Gasteiger partial charge in [-0.2, -0.15) is 5.26 Å². The molecule has 0 aliphatic heterocycles. The van der Waals surface area contributed by atoms with Gasteiger partial charge in [-0.25, -0.2) is 4.98 Å². The third-order valence-corrected chi connectivity index (χ3v) is 2.51. The van der Waals surface area contributed by atoms with E-state index in [2.05, 4.69) is 20.5 Å². The molecule has 18 heavy (non-hydrogen) atoms. The van der Waals surface area contributed by atoms with Crippen molar-refractivity contribution in [2.75, 3.05) is 11.9 Å². The highest BCUT2D eigenvalue weighted by molar-refractivity contribution is 5.38. The summed E-state index contributed by atoms with van der Waals surface area (Å²) < 4.78 is 1.96. The minimum atomic E-state index is 0.577. The summed E-state index contributed by atoms with van der Waals surface area (Å²) in [5, 5.41) is 19.3. The number of pyridine rings is 1. The van der Waals surface area contributed by atoms with Crippen molar-refractivity contribution in [3.63, 3.8) is 0 Å². The first kappa shape index (κ1) is 12.0. The average molecular weight is 242 g/mol. The summed E-state index contributed by atoms with van der Waals surface area (Å²) in [6.45, 7) is 1.79. The molecule has 0 bridgehead atoms. The number of rotatable bonds is 6. The first-order chi connectivity index (χ1) is 8.88. The number of hydrogen-bond donors (Lipinski definition) is 1. The predicted octanol–water partition coefficient (Wildman–Crippen LogP) is 1.44. The summed E-state index contributed by atoms with van der Waals surface area (Å²) in [5.41, 5.74) is 0.577. The Balaban J connectivity index is 1.64. The SMILES string of the molecule is N#Cc1ccc(NCCCCn2cnnc2)nc1. The number of unbranched alkanes of at least 4 members (excludes halogenated alkanes) is 1. The monoisotopic (exact) mass is 242 g/mol. The van der Waals surface area contributed by atoms with Crippen LogP contribution < -0.4 is 5.32 Å². The number of hydrogen-bond acceptors (Lipinski definition) is 5. The van der Waals surface area contributed by atoms with E-state index < -0.39 is 0 Å². The fourth-order valence-electron chi connectivity index (χ4n) is 1.54. The van der Waals surface area contributed by atoms with Gasteiger partial charge in [-0.1, -0.05) is 0 Å². The lowest BCUT2D eigenvalue weighted by molar-refractivity contribution is 0.619. The van der Waals surface area contributed by atoms with Crippen LogP contribution in [-0.4, -0.2) is 26.3 Å². The number of nitrogens with zero attached hydrogens (tertiary/aromatic N) is 5. The van der Waals surface area contributed by atoms with E-state index in [1.54, 1.807) is 24.9 Å². The van der Waals surface area contributed by atoms with Gasteiger partial charge in [0.2, 0.25) is 0 Å². The average Bonchev–Trinajstić information content (AvgIpc) is 2.92. The molecule has 2 aromatic rings. The summed E-state index contributed by atoms with van der Waals surface area (Å²) in [6.07, 6.45) is 7.10. The Kier molecular flexibility index (Phi) is 4.25. The number of nitriles is 1. The van der Waals surface area contributed by atoms with Crippen LogP contribution in [-0.2, 0) is 6.54 Å². The molecule has 0 fully saturated rings. The van der Waals surface area contributed by atoms with Crippen LogP contribution in [0.5, 0.6) is 0 Å². The molecule has 2 heterocycles. The number of aryl methyl sites for hydroxylation is 1. The largest absolute Gasteiger partial charge is 0.370 e. The molecule has 0 radical (unpaired) electrons. The van der Waals surface area contributed by atoms with E-state index in [9.17, 15) is 0 Å². The van der Waals surface area contributed by atoms with Crippen molar-refractivity contribution in [2.45, 2.75) is 19.4 Å². The van der Waals surface area contributed by atoms with Crippen LogP contribution in [0, 0.1) is 11.3 Å². The number of nitrogens with one attached hydrogen (secondary N) is 1. The second-order valence-electron chi connectivity index (χ2n) is 3.88. The number of anilines is 1. The molecule has 2 aromatic heterocycles. The summed E-state index contributed by atoms with van der Waals surface area (Å²) in [4.78, 5) is 4.14. The third kappa shape index (κ3) is 3.56. The predicted molar refractivity (Wildman–Crippen MR) is 66.7 cm³/mol. The van der Waals surface area contributed by atoms with Gasteiger partial charge in [0.05, 0.1) is 5.56 Å². The highest BCUT2D eigenvalue weighted by Gasteiger charge is 1.95. The van der Waals surface area contributed by atoms with Gasteiger partial charge in [-0.05, 0) is 25.0 Å². The van der Waals surface area contributed by atoms with Crippen LogP contribution in [0.4, 0.5) is 5.82 Å². The van der Waals surface area contributed by atoms with E-state index in [0.717, 1.165) is 31.7 Å². The maximum Gasteiger partial charge on any atom is 0.125 e. The molecule has 0 saturated carbocycles. The second-order valence-corrected chi connectivity index (χ2v) is 3.88. The molecule has 0 aliphatic carbocycles. The van der Waals surface area contributed by atoms with Gasteiger partial charge in [0.1, 0.15) is 24.5 Å². The highest BCUT2D eigenvalue weighted by Crippen LogP contribution is 2.04. The first-order valence-corrected chi connectivity index (χ1v) is 5.81. The first-order valence-electron chi connectivity index (χ1n) is 5.81. The Morgan fingerprint density at radius 1 is 1.22 bits per heavy atom. The lowest BCUT2D eigenvalue weighted by Gasteiger charge is -2.05. The van der Waals surface area contributed by atoms with Gasteiger partial charge in [0.25, 0.3) is 0 Å². The lowest BCUT2D eigenvalue weighted by atomic mass is 10.3. The van der Waals surface area contributed by atoms with Crippen molar-refractivity contribution in [1.82, 2.24) is 19.7 Å². The summed E-state index contributed by atoms with van der Waals surface area (Å²) in [7, 11) is 0. The Labute approximate surface area is 105 Å². The van der Waals surface area contributed by atoms with Crippen molar-refractivity contribution in [1.29, 1.82) is 5.26 Å². The molecule has 6 nitrogen and oxygen atoms in total. The van der Waals surface area contributed by atoms with Crippen molar-refractivity contribution in [3.05, 3.63) is 36.5 Å². The molecule has 1 N–H and O–H groups in total. The molecule has 0 unspecified atom stereocenters. The van der Waals surface area contributed by atoms with Crippen molar-refractivity contribution in [3.8, 4) is 6.07 Å². The standard InChI is InChI=1S/C12H14N6/c13-7-11-3-4-12(15-8-11)14-5-1-2-6-18-9-16-17-10-18/h3-4,8-10H,1-2,5-6H2,(H,14,15). The van der Waals surface area contributed by atoms with E-state index in [0.29, 0.717) is 5.56 Å². The zero-order valence-electron chi connectivity index (χ0n) is 9.95.